The normalized spacial score (nSPS) is 16.0. The molecule has 8 heteroatoms. The van der Waals surface area contributed by atoms with Crippen molar-refractivity contribution in [2.75, 3.05) is 20.2 Å². The van der Waals surface area contributed by atoms with Gasteiger partial charge in [0.25, 0.3) is 5.91 Å². The van der Waals surface area contributed by atoms with Crippen LogP contribution in [0.15, 0.2) is 47.4 Å². The van der Waals surface area contributed by atoms with Gasteiger partial charge in [0.2, 0.25) is 10.0 Å². The Labute approximate surface area is 170 Å². The van der Waals surface area contributed by atoms with Crippen LogP contribution in [-0.4, -0.2) is 38.8 Å². The van der Waals surface area contributed by atoms with E-state index in [0.29, 0.717) is 13.1 Å². The first-order valence-electron chi connectivity index (χ1n) is 9.07. The molecule has 1 fully saturated rings. The topological polar surface area (TPSA) is 75.7 Å². The quantitative estimate of drug-likeness (QED) is 0.771. The number of halogens is 1. The molecule has 1 saturated heterocycles. The monoisotopic (exact) mass is 422 g/mol. The van der Waals surface area contributed by atoms with Crippen molar-refractivity contribution >= 4 is 27.5 Å². The average Bonchev–Trinajstić information content (AvgIpc) is 3.24. The molecule has 0 aliphatic carbocycles. The van der Waals surface area contributed by atoms with Gasteiger partial charge in [0.15, 0.2) is 0 Å². The summed E-state index contributed by atoms with van der Waals surface area (Å²) in [6, 6.07) is 11.3. The summed E-state index contributed by atoms with van der Waals surface area (Å²) in [5, 5.41) is 3.07. The molecule has 2 aromatic carbocycles. The van der Waals surface area contributed by atoms with E-state index in [-0.39, 0.29) is 21.5 Å². The van der Waals surface area contributed by atoms with Crippen LogP contribution in [0.4, 0.5) is 0 Å². The second kappa shape index (κ2) is 8.51. The Morgan fingerprint density at radius 2 is 1.79 bits per heavy atom. The minimum atomic E-state index is -3.62. The van der Waals surface area contributed by atoms with Crippen LogP contribution in [-0.2, 0) is 10.0 Å². The number of carbonyl (C=O) groups excluding carboxylic acids is 1. The summed E-state index contributed by atoms with van der Waals surface area (Å²) in [5.74, 6) is 0.303. The zero-order chi connectivity index (χ0) is 20.3. The van der Waals surface area contributed by atoms with Gasteiger partial charge in [-0.15, -0.1) is 0 Å². The van der Waals surface area contributed by atoms with Crippen LogP contribution in [0.3, 0.4) is 0 Å². The van der Waals surface area contributed by atoms with Crippen LogP contribution in [0, 0.1) is 0 Å². The number of nitrogens with zero attached hydrogens (tertiary/aromatic N) is 1. The third-order valence-corrected chi connectivity index (χ3v) is 7.07. The van der Waals surface area contributed by atoms with Crippen LogP contribution in [0.2, 0.25) is 5.02 Å². The standard InChI is InChI=1S/C20H23ClN2O4S/c1-14(15-5-7-16(27-2)8-6-15)22-20(24)18-13-17(9-10-19(18)21)28(25,26)23-11-3-4-12-23/h5-10,13-14H,3-4,11-12H2,1-2H3,(H,22,24)/t14-/m1/s1. The predicted octanol–water partition coefficient (Wildman–Crippen LogP) is 3.62. The molecule has 0 aromatic heterocycles. The molecule has 28 heavy (non-hydrogen) atoms. The molecular formula is C20H23ClN2O4S. The Balaban J connectivity index is 1.81. The third kappa shape index (κ3) is 4.32. The molecule has 0 radical (unpaired) electrons. The van der Waals surface area contributed by atoms with Crippen LogP contribution < -0.4 is 10.1 Å². The van der Waals surface area contributed by atoms with Crippen molar-refractivity contribution < 1.29 is 17.9 Å². The Bertz CT molecular complexity index is 955. The minimum absolute atomic E-state index is 0.0843. The van der Waals surface area contributed by atoms with E-state index in [4.69, 9.17) is 16.3 Å². The van der Waals surface area contributed by atoms with Crippen LogP contribution in [0.25, 0.3) is 0 Å². The first kappa shape index (κ1) is 20.6. The van der Waals surface area contributed by atoms with Gasteiger partial charge in [-0.25, -0.2) is 8.42 Å². The number of carbonyl (C=O) groups is 1. The maximum absolute atomic E-state index is 12.8. The molecule has 1 aliphatic rings. The summed E-state index contributed by atoms with van der Waals surface area (Å²) in [5.41, 5.74) is 1.04. The van der Waals surface area contributed by atoms with Crippen molar-refractivity contribution in [2.45, 2.75) is 30.7 Å². The maximum atomic E-state index is 12.8. The van der Waals surface area contributed by atoms with Gasteiger partial charge in [-0.1, -0.05) is 23.7 Å². The smallest absolute Gasteiger partial charge is 0.253 e. The number of nitrogens with one attached hydrogen (secondary N) is 1. The number of hydrogen-bond acceptors (Lipinski definition) is 4. The number of benzene rings is 2. The first-order valence-corrected chi connectivity index (χ1v) is 10.9. The number of ether oxygens (including phenoxy) is 1. The van der Waals surface area contributed by atoms with E-state index < -0.39 is 15.9 Å². The fourth-order valence-electron chi connectivity index (χ4n) is 3.17. The zero-order valence-corrected chi connectivity index (χ0v) is 17.4. The Hall–Kier alpha value is -2.09. The third-order valence-electron chi connectivity index (χ3n) is 4.85. The van der Waals surface area contributed by atoms with Gasteiger partial charge in [-0.2, -0.15) is 4.31 Å². The van der Waals surface area contributed by atoms with E-state index >= 15 is 0 Å². The second-order valence-corrected chi connectivity index (χ2v) is 9.07. The summed E-state index contributed by atoms with van der Waals surface area (Å²) < 4.78 is 32.1. The summed E-state index contributed by atoms with van der Waals surface area (Å²) in [6.07, 6.45) is 1.69. The van der Waals surface area contributed by atoms with Crippen molar-refractivity contribution in [1.29, 1.82) is 0 Å². The number of methoxy groups -OCH3 is 1. The Kier molecular flexibility index (Phi) is 6.27. The highest BCUT2D eigenvalue weighted by molar-refractivity contribution is 7.89. The van der Waals surface area contributed by atoms with E-state index in [0.717, 1.165) is 24.2 Å². The first-order chi connectivity index (χ1) is 13.3. The molecule has 1 heterocycles. The second-order valence-electron chi connectivity index (χ2n) is 6.72. The van der Waals surface area contributed by atoms with E-state index in [1.54, 1.807) is 7.11 Å². The molecule has 1 atom stereocenters. The lowest BCUT2D eigenvalue weighted by molar-refractivity contribution is 0.0940. The van der Waals surface area contributed by atoms with Crippen LogP contribution >= 0.6 is 11.6 Å². The molecular weight excluding hydrogens is 400 g/mol. The summed E-state index contributed by atoms with van der Waals surface area (Å²) >= 11 is 6.18. The summed E-state index contributed by atoms with van der Waals surface area (Å²) in [7, 11) is -2.03. The predicted molar refractivity (Wildman–Crippen MR) is 108 cm³/mol. The van der Waals surface area contributed by atoms with Gasteiger partial charge in [-0.05, 0) is 55.7 Å². The van der Waals surface area contributed by atoms with E-state index in [1.807, 2.05) is 31.2 Å². The number of sulfonamides is 1. The molecule has 0 bridgehead atoms. The fraction of sp³-hybridized carbons (Fsp3) is 0.350. The van der Waals surface area contributed by atoms with Gasteiger partial charge < -0.3 is 10.1 Å². The molecule has 2 aromatic rings. The molecule has 0 unspecified atom stereocenters. The van der Waals surface area contributed by atoms with E-state index in [1.165, 1.54) is 22.5 Å². The van der Waals surface area contributed by atoms with Crippen LogP contribution in [0.1, 0.15) is 41.7 Å². The lowest BCUT2D eigenvalue weighted by Gasteiger charge is -2.18. The molecule has 1 aliphatic heterocycles. The summed E-state index contributed by atoms with van der Waals surface area (Å²) in [4.78, 5) is 12.8. The maximum Gasteiger partial charge on any atom is 0.253 e. The van der Waals surface area contributed by atoms with Gasteiger partial charge in [0.05, 0.1) is 28.6 Å². The highest BCUT2D eigenvalue weighted by Crippen LogP contribution is 2.26. The molecule has 0 saturated carbocycles. The van der Waals surface area contributed by atoms with Crippen LogP contribution in [0.5, 0.6) is 5.75 Å². The van der Waals surface area contributed by atoms with E-state index in [9.17, 15) is 13.2 Å². The SMILES string of the molecule is COc1ccc([C@@H](C)NC(=O)c2cc(S(=O)(=O)N3CCCC3)ccc2Cl)cc1. The minimum Gasteiger partial charge on any atom is -0.497 e. The molecule has 3 rings (SSSR count). The van der Waals surface area contributed by atoms with Gasteiger partial charge >= 0.3 is 0 Å². The molecule has 1 amide bonds. The van der Waals surface area contributed by atoms with Crippen molar-refractivity contribution in [2.24, 2.45) is 0 Å². The lowest BCUT2D eigenvalue weighted by atomic mass is 10.1. The Morgan fingerprint density at radius 1 is 1.14 bits per heavy atom. The van der Waals surface area contributed by atoms with Crippen molar-refractivity contribution in [3.05, 3.63) is 58.6 Å². The number of rotatable bonds is 6. The van der Waals surface area contributed by atoms with Gasteiger partial charge in [0, 0.05) is 13.1 Å². The van der Waals surface area contributed by atoms with Gasteiger partial charge in [-0.3, -0.25) is 4.79 Å². The average molecular weight is 423 g/mol. The van der Waals surface area contributed by atoms with Crippen molar-refractivity contribution in [3.63, 3.8) is 0 Å². The molecule has 1 N–H and O–H groups in total. The van der Waals surface area contributed by atoms with Crippen molar-refractivity contribution in [3.8, 4) is 5.75 Å². The van der Waals surface area contributed by atoms with Crippen molar-refractivity contribution in [1.82, 2.24) is 9.62 Å². The van der Waals surface area contributed by atoms with E-state index in [2.05, 4.69) is 5.32 Å². The largest absolute Gasteiger partial charge is 0.497 e. The highest BCUT2D eigenvalue weighted by atomic mass is 35.5. The highest BCUT2D eigenvalue weighted by Gasteiger charge is 2.28. The zero-order valence-electron chi connectivity index (χ0n) is 15.8. The number of amides is 1. The van der Waals surface area contributed by atoms with Gasteiger partial charge in [0.1, 0.15) is 5.75 Å². The molecule has 0 spiro atoms. The molecule has 6 nitrogen and oxygen atoms in total. The molecule has 150 valence electrons. The lowest BCUT2D eigenvalue weighted by Crippen LogP contribution is -2.29. The Morgan fingerprint density at radius 3 is 2.39 bits per heavy atom. The number of hydrogen-bond donors (Lipinski definition) is 1. The summed E-state index contributed by atoms with van der Waals surface area (Å²) in [6.45, 7) is 2.85. The fourth-order valence-corrected chi connectivity index (χ4v) is 4.91.